The maximum Gasteiger partial charge on any atom is 0.234 e. The molecule has 3 aromatic rings. The number of anilines is 1. The van der Waals surface area contributed by atoms with Crippen LogP contribution in [0.4, 0.5) is 5.69 Å². The van der Waals surface area contributed by atoms with Crippen molar-refractivity contribution in [1.82, 2.24) is 14.8 Å². The van der Waals surface area contributed by atoms with E-state index in [9.17, 15) is 4.79 Å². The second kappa shape index (κ2) is 9.37. The van der Waals surface area contributed by atoms with E-state index >= 15 is 0 Å². The number of furan rings is 1. The zero-order valence-electron chi connectivity index (χ0n) is 16.6. The van der Waals surface area contributed by atoms with Gasteiger partial charge in [0, 0.05) is 24.4 Å². The van der Waals surface area contributed by atoms with Crippen molar-refractivity contribution in [2.45, 2.75) is 18.6 Å². The van der Waals surface area contributed by atoms with Gasteiger partial charge in [-0.1, -0.05) is 11.8 Å². The van der Waals surface area contributed by atoms with Gasteiger partial charge in [0.1, 0.15) is 0 Å². The molecule has 154 valence electrons. The lowest BCUT2D eigenvalue weighted by Gasteiger charge is -2.14. The Morgan fingerprint density at radius 3 is 2.45 bits per heavy atom. The largest absolute Gasteiger partial charge is 0.493 e. The molecule has 0 unspecified atom stereocenters. The third-order valence-electron chi connectivity index (χ3n) is 4.06. The van der Waals surface area contributed by atoms with Gasteiger partial charge in [-0.15, -0.1) is 10.2 Å². The predicted octanol–water partition coefficient (Wildman–Crippen LogP) is 3.31. The summed E-state index contributed by atoms with van der Waals surface area (Å²) in [5.41, 5.74) is 0.540. The van der Waals surface area contributed by atoms with Crippen LogP contribution in [-0.2, 0) is 11.3 Å². The smallest absolute Gasteiger partial charge is 0.234 e. The highest BCUT2D eigenvalue weighted by Crippen LogP contribution is 2.40. The third-order valence-corrected chi connectivity index (χ3v) is 5.02. The van der Waals surface area contributed by atoms with E-state index in [-0.39, 0.29) is 11.7 Å². The van der Waals surface area contributed by atoms with Gasteiger partial charge in [0.15, 0.2) is 28.2 Å². The molecule has 1 N–H and O–H groups in total. The quantitative estimate of drug-likeness (QED) is 0.528. The van der Waals surface area contributed by atoms with E-state index in [0.29, 0.717) is 46.2 Å². The molecule has 0 aliphatic carbocycles. The maximum absolute atomic E-state index is 12.5. The van der Waals surface area contributed by atoms with Crippen molar-refractivity contribution in [3.8, 4) is 28.8 Å². The topological polar surface area (TPSA) is 101 Å². The van der Waals surface area contributed by atoms with Crippen LogP contribution >= 0.6 is 11.8 Å². The molecular formula is C19H22N4O5S. The Morgan fingerprint density at radius 1 is 1.17 bits per heavy atom. The summed E-state index contributed by atoms with van der Waals surface area (Å²) in [7, 11) is 4.57. The zero-order chi connectivity index (χ0) is 20.8. The van der Waals surface area contributed by atoms with Gasteiger partial charge in [0.05, 0.1) is 33.3 Å². The van der Waals surface area contributed by atoms with Gasteiger partial charge in [-0.25, -0.2) is 0 Å². The molecule has 1 amide bonds. The highest BCUT2D eigenvalue weighted by molar-refractivity contribution is 7.99. The molecule has 0 saturated carbocycles. The van der Waals surface area contributed by atoms with Gasteiger partial charge in [0.2, 0.25) is 11.7 Å². The van der Waals surface area contributed by atoms with Crippen LogP contribution in [0, 0.1) is 0 Å². The van der Waals surface area contributed by atoms with Crippen LogP contribution in [0.25, 0.3) is 11.6 Å². The van der Waals surface area contributed by atoms with Gasteiger partial charge in [-0.2, -0.15) is 0 Å². The number of hydrogen-bond acceptors (Lipinski definition) is 8. The Bertz CT molecular complexity index is 946. The molecule has 29 heavy (non-hydrogen) atoms. The number of hydrogen-bond donors (Lipinski definition) is 1. The van der Waals surface area contributed by atoms with Crippen molar-refractivity contribution in [3.63, 3.8) is 0 Å². The summed E-state index contributed by atoms with van der Waals surface area (Å²) >= 11 is 1.29. The molecule has 9 nitrogen and oxygen atoms in total. The average Bonchev–Trinajstić information content (AvgIpc) is 3.40. The monoisotopic (exact) mass is 418 g/mol. The molecule has 2 heterocycles. The van der Waals surface area contributed by atoms with Crippen molar-refractivity contribution in [1.29, 1.82) is 0 Å². The Balaban J connectivity index is 1.69. The van der Waals surface area contributed by atoms with E-state index in [0.717, 1.165) is 0 Å². The first-order chi connectivity index (χ1) is 14.1. The minimum Gasteiger partial charge on any atom is -0.493 e. The van der Waals surface area contributed by atoms with E-state index in [4.69, 9.17) is 18.6 Å². The molecule has 3 rings (SSSR count). The summed E-state index contributed by atoms with van der Waals surface area (Å²) < 4.78 is 23.2. The summed E-state index contributed by atoms with van der Waals surface area (Å²) in [5.74, 6) is 2.61. The highest BCUT2D eigenvalue weighted by Gasteiger charge is 2.17. The van der Waals surface area contributed by atoms with Gasteiger partial charge >= 0.3 is 0 Å². The fraction of sp³-hybridized carbons (Fsp3) is 0.316. The molecule has 0 radical (unpaired) electrons. The van der Waals surface area contributed by atoms with E-state index < -0.39 is 0 Å². The van der Waals surface area contributed by atoms with Crippen LogP contribution in [0.15, 0.2) is 40.1 Å². The first-order valence-electron chi connectivity index (χ1n) is 8.81. The number of carbonyl (C=O) groups is 1. The van der Waals surface area contributed by atoms with E-state index in [2.05, 4.69) is 15.5 Å². The predicted molar refractivity (Wildman–Crippen MR) is 109 cm³/mol. The number of carbonyl (C=O) groups excluding carboxylic acids is 1. The van der Waals surface area contributed by atoms with Gasteiger partial charge < -0.3 is 23.9 Å². The van der Waals surface area contributed by atoms with Crippen LogP contribution in [0.5, 0.6) is 17.2 Å². The highest BCUT2D eigenvalue weighted by atomic mass is 32.2. The van der Waals surface area contributed by atoms with Gasteiger partial charge in [-0.3, -0.25) is 9.36 Å². The molecule has 0 spiro atoms. The Kier molecular flexibility index (Phi) is 6.65. The van der Waals surface area contributed by atoms with Crippen LogP contribution in [-0.4, -0.2) is 47.8 Å². The lowest BCUT2D eigenvalue weighted by Crippen LogP contribution is -2.15. The van der Waals surface area contributed by atoms with E-state index in [1.54, 1.807) is 24.5 Å². The molecule has 0 aliphatic rings. The normalized spacial score (nSPS) is 10.6. The van der Waals surface area contributed by atoms with Crippen LogP contribution in [0.1, 0.15) is 6.92 Å². The Hall–Kier alpha value is -3.14. The number of nitrogens with one attached hydrogen (secondary N) is 1. The molecule has 10 heteroatoms. The first kappa shape index (κ1) is 20.6. The molecule has 2 aromatic heterocycles. The summed E-state index contributed by atoms with van der Waals surface area (Å²) in [5, 5.41) is 11.8. The van der Waals surface area contributed by atoms with E-state index in [1.807, 2.05) is 17.6 Å². The van der Waals surface area contributed by atoms with Gasteiger partial charge in [-0.05, 0) is 19.1 Å². The number of amides is 1. The molecule has 0 aliphatic heterocycles. The number of benzene rings is 1. The van der Waals surface area contributed by atoms with Crippen molar-refractivity contribution >= 4 is 23.4 Å². The fourth-order valence-electron chi connectivity index (χ4n) is 2.75. The minimum atomic E-state index is -0.200. The molecule has 0 bridgehead atoms. The molecule has 1 aromatic carbocycles. The van der Waals surface area contributed by atoms with Crippen LogP contribution < -0.4 is 19.5 Å². The van der Waals surface area contributed by atoms with Crippen molar-refractivity contribution in [3.05, 3.63) is 30.5 Å². The number of methoxy groups -OCH3 is 3. The molecule has 0 saturated heterocycles. The maximum atomic E-state index is 12.5. The fourth-order valence-corrected chi connectivity index (χ4v) is 3.55. The number of nitrogens with zero attached hydrogens (tertiary/aromatic N) is 3. The SMILES string of the molecule is CCn1c(SCC(=O)Nc2cc(OC)c(OC)c(OC)c2)nnc1-c1ccco1. The molecule has 0 fully saturated rings. The summed E-state index contributed by atoms with van der Waals surface area (Å²) in [4.78, 5) is 12.5. The van der Waals surface area contributed by atoms with Gasteiger partial charge in [0.25, 0.3) is 0 Å². The number of thioether (sulfide) groups is 1. The second-order valence-corrected chi connectivity index (χ2v) is 6.72. The Labute approximate surface area is 172 Å². The minimum absolute atomic E-state index is 0.160. The molecular weight excluding hydrogens is 396 g/mol. The Morgan fingerprint density at radius 2 is 1.90 bits per heavy atom. The first-order valence-corrected chi connectivity index (χ1v) is 9.79. The average molecular weight is 418 g/mol. The second-order valence-electron chi connectivity index (χ2n) is 5.78. The number of rotatable bonds is 9. The number of ether oxygens (including phenoxy) is 3. The van der Waals surface area contributed by atoms with Crippen molar-refractivity contribution in [2.75, 3.05) is 32.4 Å². The summed E-state index contributed by atoms with van der Waals surface area (Å²) in [6, 6.07) is 6.96. The third kappa shape index (κ3) is 4.48. The standard InChI is InChI=1S/C19H22N4O5S/c1-5-23-18(13-7-6-8-28-13)21-22-19(23)29-11-16(24)20-12-9-14(25-2)17(27-4)15(10-12)26-3/h6-10H,5,11H2,1-4H3,(H,20,24). The summed E-state index contributed by atoms with van der Waals surface area (Å²) in [6.07, 6.45) is 1.58. The zero-order valence-corrected chi connectivity index (χ0v) is 17.4. The number of aromatic nitrogens is 3. The summed E-state index contributed by atoms with van der Waals surface area (Å²) in [6.45, 7) is 2.63. The lowest BCUT2D eigenvalue weighted by atomic mass is 10.2. The van der Waals surface area contributed by atoms with Crippen LogP contribution in [0.2, 0.25) is 0 Å². The molecule has 0 atom stereocenters. The van der Waals surface area contributed by atoms with Crippen LogP contribution in [0.3, 0.4) is 0 Å². The lowest BCUT2D eigenvalue weighted by molar-refractivity contribution is -0.113. The van der Waals surface area contributed by atoms with Crippen molar-refractivity contribution in [2.24, 2.45) is 0 Å². The van der Waals surface area contributed by atoms with Crippen molar-refractivity contribution < 1.29 is 23.4 Å². The van der Waals surface area contributed by atoms with E-state index in [1.165, 1.54) is 33.1 Å².